The zero-order valence-electron chi connectivity index (χ0n) is 10.7. The van der Waals surface area contributed by atoms with Gasteiger partial charge in [-0.2, -0.15) is 0 Å². The van der Waals surface area contributed by atoms with Crippen molar-refractivity contribution in [2.24, 2.45) is 0 Å². The van der Waals surface area contributed by atoms with Gasteiger partial charge in [0.25, 0.3) is 0 Å². The average Bonchev–Trinajstić information content (AvgIpc) is 2.72. The lowest BCUT2D eigenvalue weighted by Gasteiger charge is -2.07. The Labute approximate surface area is 102 Å². The Morgan fingerprint density at radius 1 is 1.35 bits per heavy atom. The first-order chi connectivity index (χ1) is 8.22. The van der Waals surface area contributed by atoms with Crippen LogP contribution >= 0.6 is 0 Å². The van der Waals surface area contributed by atoms with Crippen molar-refractivity contribution in [3.8, 4) is 5.75 Å². The van der Waals surface area contributed by atoms with E-state index < -0.39 is 0 Å². The molecule has 3 heteroatoms. The van der Waals surface area contributed by atoms with Crippen LogP contribution in [0.1, 0.15) is 19.4 Å². The lowest BCUT2D eigenvalue weighted by atomic mass is 10.1. The molecule has 92 valence electrons. The third-order valence-corrected chi connectivity index (χ3v) is 2.93. The van der Waals surface area contributed by atoms with Gasteiger partial charge in [-0.3, -0.25) is 0 Å². The maximum absolute atomic E-state index is 5.34. The highest BCUT2D eigenvalue weighted by atomic mass is 16.5. The summed E-state index contributed by atoms with van der Waals surface area (Å²) in [5.41, 5.74) is 2.43. The van der Waals surface area contributed by atoms with Crippen LogP contribution in [0.15, 0.2) is 24.4 Å². The van der Waals surface area contributed by atoms with E-state index in [-0.39, 0.29) is 0 Å². The van der Waals surface area contributed by atoms with Crippen molar-refractivity contribution in [2.75, 3.05) is 13.7 Å². The molecule has 1 heterocycles. The maximum atomic E-state index is 5.34. The van der Waals surface area contributed by atoms with Crippen LogP contribution in [0.4, 0.5) is 0 Å². The van der Waals surface area contributed by atoms with E-state index in [0.717, 1.165) is 24.2 Å². The molecular weight excluding hydrogens is 212 g/mol. The number of aromatic amines is 1. The molecule has 0 radical (unpaired) electrons. The van der Waals surface area contributed by atoms with Gasteiger partial charge in [0.05, 0.1) is 12.6 Å². The second-order valence-electron chi connectivity index (χ2n) is 4.56. The van der Waals surface area contributed by atoms with Crippen molar-refractivity contribution < 1.29 is 4.74 Å². The van der Waals surface area contributed by atoms with Crippen LogP contribution in [-0.2, 0) is 6.42 Å². The van der Waals surface area contributed by atoms with E-state index in [0.29, 0.717) is 6.04 Å². The van der Waals surface area contributed by atoms with Crippen molar-refractivity contribution in [1.82, 2.24) is 10.3 Å². The van der Waals surface area contributed by atoms with Crippen molar-refractivity contribution in [2.45, 2.75) is 26.3 Å². The number of rotatable bonds is 5. The van der Waals surface area contributed by atoms with Crippen LogP contribution in [0.2, 0.25) is 0 Å². The molecule has 0 atom stereocenters. The molecule has 0 amide bonds. The fourth-order valence-electron chi connectivity index (χ4n) is 2.06. The van der Waals surface area contributed by atoms with Crippen LogP contribution < -0.4 is 10.1 Å². The Kier molecular flexibility index (Phi) is 3.69. The summed E-state index contributed by atoms with van der Waals surface area (Å²) in [6.45, 7) is 5.33. The minimum atomic E-state index is 0.537. The number of benzene rings is 1. The molecule has 1 aromatic heterocycles. The molecule has 0 spiro atoms. The summed E-state index contributed by atoms with van der Waals surface area (Å²) >= 11 is 0. The Hall–Kier alpha value is -1.48. The summed E-state index contributed by atoms with van der Waals surface area (Å²) in [6.07, 6.45) is 3.11. The molecule has 0 aliphatic rings. The first kappa shape index (κ1) is 12.0. The maximum Gasteiger partial charge on any atom is 0.142 e. The number of fused-ring (bicyclic) bond motifs is 1. The number of hydrogen-bond donors (Lipinski definition) is 2. The second-order valence-corrected chi connectivity index (χ2v) is 4.56. The highest BCUT2D eigenvalue weighted by Crippen LogP contribution is 2.26. The zero-order valence-corrected chi connectivity index (χ0v) is 10.7. The number of hydrogen-bond acceptors (Lipinski definition) is 2. The van der Waals surface area contributed by atoms with Crippen molar-refractivity contribution >= 4 is 10.9 Å². The summed E-state index contributed by atoms with van der Waals surface area (Å²) < 4.78 is 5.34. The first-order valence-electron chi connectivity index (χ1n) is 6.08. The van der Waals surface area contributed by atoms with Gasteiger partial charge in [0.2, 0.25) is 0 Å². The minimum absolute atomic E-state index is 0.537. The summed E-state index contributed by atoms with van der Waals surface area (Å²) in [5, 5.41) is 4.69. The van der Waals surface area contributed by atoms with Crippen LogP contribution in [0, 0.1) is 0 Å². The van der Waals surface area contributed by atoms with Gasteiger partial charge in [-0.1, -0.05) is 26.0 Å². The molecule has 2 rings (SSSR count). The smallest absolute Gasteiger partial charge is 0.142 e. The van der Waals surface area contributed by atoms with Crippen LogP contribution in [-0.4, -0.2) is 24.7 Å². The van der Waals surface area contributed by atoms with Gasteiger partial charge >= 0.3 is 0 Å². The Morgan fingerprint density at radius 2 is 2.18 bits per heavy atom. The number of H-pyrrole nitrogens is 1. The standard InChI is InChI=1S/C14H20N2O/c1-10(2)15-8-7-11-9-16-14-12(11)5-4-6-13(14)17-3/h4-6,9-10,15-16H,7-8H2,1-3H3. The molecule has 0 saturated heterocycles. The van der Waals surface area contributed by atoms with Crippen molar-refractivity contribution in [1.29, 1.82) is 0 Å². The lowest BCUT2D eigenvalue weighted by Crippen LogP contribution is -2.24. The summed E-state index contributed by atoms with van der Waals surface area (Å²) in [6, 6.07) is 6.69. The number of ether oxygens (including phenoxy) is 1. The van der Waals surface area contributed by atoms with Crippen molar-refractivity contribution in [3.05, 3.63) is 30.0 Å². The van der Waals surface area contributed by atoms with E-state index >= 15 is 0 Å². The van der Waals surface area contributed by atoms with Gasteiger partial charge in [-0.25, -0.2) is 0 Å². The predicted octanol–water partition coefficient (Wildman–Crippen LogP) is 2.72. The van der Waals surface area contributed by atoms with Crippen LogP contribution in [0.3, 0.4) is 0 Å². The molecule has 17 heavy (non-hydrogen) atoms. The first-order valence-corrected chi connectivity index (χ1v) is 6.08. The largest absolute Gasteiger partial charge is 0.495 e. The quantitative estimate of drug-likeness (QED) is 0.831. The molecule has 0 bridgehead atoms. The molecule has 2 aromatic rings. The van der Waals surface area contributed by atoms with Gasteiger partial charge in [0.15, 0.2) is 0 Å². The molecule has 0 aliphatic carbocycles. The normalized spacial score (nSPS) is 11.3. The highest BCUT2D eigenvalue weighted by Gasteiger charge is 2.07. The van der Waals surface area contributed by atoms with Crippen LogP contribution in [0.25, 0.3) is 10.9 Å². The van der Waals surface area contributed by atoms with E-state index in [1.54, 1.807) is 7.11 Å². The molecule has 2 N–H and O–H groups in total. The zero-order chi connectivity index (χ0) is 12.3. The van der Waals surface area contributed by atoms with E-state index in [9.17, 15) is 0 Å². The van der Waals surface area contributed by atoms with Gasteiger partial charge in [-0.15, -0.1) is 0 Å². The Morgan fingerprint density at radius 3 is 2.88 bits per heavy atom. The molecule has 1 aromatic carbocycles. The van der Waals surface area contributed by atoms with E-state index in [2.05, 4.69) is 36.4 Å². The predicted molar refractivity (Wildman–Crippen MR) is 71.7 cm³/mol. The van der Waals surface area contributed by atoms with E-state index in [1.807, 2.05) is 12.1 Å². The summed E-state index contributed by atoms with van der Waals surface area (Å²) in [7, 11) is 1.70. The fourth-order valence-corrected chi connectivity index (χ4v) is 2.06. The number of methoxy groups -OCH3 is 1. The fraction of sp³-hybridized carbons (Fsp3) is 0.429. The minimum Gasteiger partial charge on any atom is -0.495 e. The number of para-hydroxylation sites is 1. The number of aromatic nitrogens is 1. The van der Waals surface area contributed by atoms with Crippen LogP contribution in [0.5, 0.6) is 5.75 Å². The third kappa shape index (κ3) is 2.61. The Balaban J connectivity index is 2.18. The summed E-state index contributed by atoms with van der Waals surface area (Å²) in [4.78, 5) is 3.29. The molecule has 0 aliphatic heterocycles. The molecule has 0 saturated carbocycles. The second kappa shape index (κ2) is 5.23. The van der Waals surface area contributed by atoms with E-state index in [4.69, 9.17) is 4.74 Å². The Bertz CT molecular complexity index is 488. The lowest BCUT2D eigenvalue weighted by molar-refractivity contribution is 0.419. The van der Waals surface area contributed by atoms with Crippen molar-refractivity contribution in [3.63, 3.8) is 0 Å². The average molecular weight is 232 g/mol. The molecule has 0 unspecified atom stereocenters. The summed E-state index contributed by atoms with van der Waals surface area (Å²) in [5.74, 6) is 0.908. The van der Waals surface area contributed by atoms with Gasteiger partial charge < -0.3 is 15.0 Å². The van der Waals surface area contributed by atoms with Gasteiger partial charge in [0.1, 0.15) is 5.75 Å². The molecule has 0 fully saturated rings. The van der Waals surface area contributed by atoms with Gasteiger partial charge in [-0.05, 0) is 24.6 Å². The monoisotopic (exact) mass is 232 g/mol. The van der Waals surface area contributed by atoms with E-state index in [1.165, 1.54) is 10.9 Å². The highest BCUT2D eigenvalue weighted by molar-refractivity contribution is 5.88. The third-order valence-electron chi connectivity index (χ3n) is 2.93. The molecular formula is C14H20N2O. The topological polar surface area (TPSA) is 37.0 Å². The van der Waals surface area contributed by atoms with Gasteiger partial charge in [0, 0.05) is 17.6 Å². The SMILES string of the molecule is COc1cccc2c(CCNC(C)C)c[nH]c12. The number of nitrogens with one attached hydrogen (secondary N) is 2. The molecule has 3 nitrogen and oxygen atoms in total.